The second kappa shape index (κ2) is 28.7. The molecule has 0 amide bonds. The standard InChI is InChI=1S/C45H74O3/c1-5-8-10-12-14-15-16-17-18-19-20-21-22-23-25-27-38-47-39(4)40-30-32-43(33-31-40)45(46)48-44-36-34-42(35-37-44)41(28-7-3)29-26-24-13-11-9-6-2/h30-37,39,41H,5-29,38H2,1-4H3. The summed E-state index contributed by atoms with van der Waals surface area (Å²) in [5, 5.41) is 0. The minimum absolute atomic E-state index is 0.0198. The quantitative estimate of drug-likeness (QED) is 0.0458. The Kier molecular flexibility index (Phi) is 25.1. The number of carbonyl (C=O) groups is 1. The largest absolute Gasteiger partial charge is 0.423 e. The van der Waals surface area contributed by atoms with E-state index in [1.165, 1.54) is 160 Å². The molecule has 2 atom stereocenters. The third-order valence-corrected chi connectivity index (χ3v) is 10.1. The maximum absolute atomic E-state index is 12.9. The summed E-state index contributed by atoms with van der Waals surface area (Å²) < 4.78 is 11.8. The van der Waals surface area contributed by atoms with Gasteiger partial charge in [-0.1, -0.05) is 186 Å². The van der Waals surface area contributed by atoms with Crippen LogP contribution in [0.3, 0.4) is 0 Å². The lowest BCUT2D eigenvalue weighted by Crippen LogP contribution is -2.09. The van der Waals surface area contributed by atoms with Crippen LogP contribution in [-0.4, -0.2) is 12.6 Å². The van der Waals surface area contributed by atoms with E-state index in [1.54, 1.807) is 0 Å². The molecule has 0 aliphatic rings. The molecule has 0 aliphatic carbocycles. The summed E-state index contributed by atoms with van der Waals surface area (Å²) >= 11 is 0. The van der Waals surface area contributed by atoms with Gasteiger partial charge in [0.2, 0.25) is 0 Å². The monoisotopic (exact) mass is 663 g/mol. The molecule has 0 radical (unpaired) electrons. The molecule has 0 bridgehead atoms. The maximum Gasteiger partial charge on any atom is 0.343 e. The van der Waals surface area contributed by atoms with Crippen molar-refractivity contribution in [3.63, 3.8) is 0 Å². The van der Waals surface area contributed by atoms with Crippen LogP contribution in [0.25, 0.3) is 0 Å². The van der Waals surface area contributed by atoms with Crippen molar-refractivity contribution >= 4 is 5.97 Å². The van der Waals surface area contributed by atoms with Crippen LogP contribution in [0, 0.1) is 0 Å². The molecule has 3 nitrogen and oxygen atoms in total. The SMILES string of the molecule is CCCCCCCCCCCCCCCCCCOC(C)c1ccc(C(=O)Oc2ccc(C(CCC)CCCCCCCC)cc2)cc1. The molecule has 0 aromatic heterocycles. The van der Waals surface area contributed by atoms with Gasteiger partial charge >= 0.3 is 5.97 Å². The van der Waals surface area contributed by atoms with Crippen molar-refractivity contribution in [2.45, 2.75) is 200 Å². The summed E-state index contributed by atoms with van der Waals surface area (Å²) in [7, 11) is 0. The van der Waals surface area contributed by atoms with Crippen LogP contribution in [0.2, 0.25) is 0 Å². The van der Waals surface area contributed by atoms with E-state index in [2.05, 4.69) is 39.8 Å². The summed E-state index contributed by atoms with van der Waals surface area (Å²) in [6, 6.07) is 15.9. The zero-order chi connectivity index (χ0) is 34.5. The Balaban J connectivity index is 1.57. The van der Waals surface area contributed by atoms with Crippen LogP contribution in [-0.2, 0) is 4.74 Å². The van der Waals surface area contributed by atoms with Gasteiger partial charge in [-0.25, -0.2) is 4.79 Å². The Morgan fingerprint density at radius 3 is 1.42 bits per heavy atom. The van der Waals surface area contributed by atoms with Crippen molar-refractivity contribution in [3.05, 3.63) is 65.2 Å². The first kappa shape index (κ1) is 42.0. The molecule has 0 fully saturated rings. The molecule has 2 aromatic carbocycles. The predicted molar refractivity (Wildman–Crippen MR) is 207 cm³/mol. The number of benzene rings is 2. The molecule has 2 unspecified atom stereocenters. The first-order valence-corrected chi connectivity index (χ1v) is 20.6. The molecular formula is C45H74O3. The Hall–Kier alpha value is -2.13. The van der Waals surface area contributed by atoms with Crippen molar-refractivity contribution in [2.75, 3.05) is 6.61 Å². The highest BCUT2D eigenvalue weighted by molar-refractivity contribution is 5.91. The lowest BCUT2D eigenvalue weighted by atomic mass is 9.89. The van der Waals surface area contributed by atoms with Crippen molar-refractivity contribution < 1.29 is 14.3 Å². The van der Waals surface area contributed by atoms with Gasteiger partial charge in [0.05, 0.1) is 11.7 Å². The molecule has 0 heterocycles. The highest BCUT2D eigenvalue weighted by Gasteiger charge is 2.14. The number of esters is 1. The second-order valence-electron chi connectivity index (χ2n) is 14.4. The summed E-state index contributed by atoms with van der Waals surface area (Å²) in [5.41, 5.74) is 3.03. The van der Waals surface area contributed by atoms with Gasteiger partial charge in [0.15, 0.2) is 0 Å². The van der Waals surface area contributed by atoms with Crippen LogP contribution >= 0.6 is 0 Å². The van der Waals surface area contributed by atoms with E-state index in [0.717, 1.165) is 18.6 Å². The fourth-order valence-corrected chi connectivity index (χ4v) is 6.87. The summed E-state index contributed by atoms with van der Waals surface area (Å²) in [4.78, 5) is 12.9. The van der Waals surface area contributed by atoms with E-state index < -0.39 is 0 Å². The number of carbonyl (C=O) groups excluding carboxylic acids is 1. The van der Waals surface area contributed by atoms with Crippen molar-refractivity contribution in [1.29, 1.82) is 0 Å². The molecule has 272 valence electrons. The van der Waals surface area contributed by atoms with Gasteiger partial charge in [0.1, 0.15) is 5.75 Å². The number of ether oxygens (including phenoxy) is 2. The Bertz CT molecular complexity index is 1010. The fourth-order valence-electron chi connectivity index (χ4n) is 6.87. The molecule has 0 spiro atoms. The van der Waals surface area contributed by atoms with E-state index in [4.69, 9.17) is 9.47 Å². The molecule has 2 aromatic rings. The van der Waals surface area contributed by atoms with Gasteiger partial charge in [-0.05, 0) is 67.5 Å². The van der Waals surface area contributed by atoms with E-state index in [9.17, 15) is 4.79 Å². The fraction of sp³-hybridized carbons (Fsp3) is 0.711. The molecule has 0 saturated carbocycles. The van der Waals surface area contributed by atoms with Crippen LogP contribution in [0.5, 0.6) is 5.75 Å². The molecule has 0 aliphatic heterocycles. The summed E-state index contributed by atoms with van der Waals surface area (Å²) in [6.45, 7) is 9.72. The van der Waals surface area contributed by atoms with Gasteiger partial charge in [-0.3, -0.25) is 0 Å². The zero-order valence-electron chi connectivity index (χ0n) is 31.9. The molecule has 3 heteroatoms. The van der Waals surface area contributed by atoms with Crippen LogP contribution in [0.4, 0.5) is 0 Å². The topological polar surface area (TPSA) is 35.5 Å². The van der Waals surface area contributed by atoms with Gasteiger partial charge in [-0.2, -0.15) is 0 Å². The maximum atomic E-state index is 12.9. The van der Waals surface area contributed by atoms with Gasteiger partial charge in [-0.15, -0.1) is 0 Å². The number of rotatable bonds is 31. The Morgan fingerprint density at radius 1 is 0.500 bits per heavy atom. The van der Waals surface area contributed by atoms with Gasteiger partial charge in [0, 0.05) is 6.61 Å². The predicted octanol–water partition coefficient (Wildman–Crippen LogP) is 14.9. The summed E-state index contributed by atoms with van der Waals surface area (Å²) in [5.74, 6) is 0.887. The molecule has 48 heavy (non-hydrogen) atoms. The normalized spacial score (nSPS) is 12.7. The first-order valence-electron chi connectivity index (χ1n) is 20.6. The smallest absolute Gasteiger partial charge is 0.343 e. The third kappa shape index (κ3) is 19.8. The van der Waals surface area contributed by atoms with Crippen LogP contribution in [0.15, 0.2) is 48.5 Å². The third-order valence-electron chi connectivity index (χ3n) is 10.1. The minimum Gasteiger partial charge on any atom is -0.423 e. The van der Waals surface area contributed by atoms with Gasteiger partial charge < -0.3 is 9.47 Å². The first-order chi connectivity index (χ1) is 23.6. The molecule has 0 N–H and O–H groups in total. The average Bonchev–Trinajstić information content (AvgIpc) is 3.11. The lowest BCUT2D eigenvalue weighted by molar-refractivity contribution is 0.0626. The van der Waals surface area contributed by atoms with Crippen LogP contribution < -0.4 is 4.74 Å². The Labute approximate surface area is 297 Å². The molecule has 0 saturated heterocycles. The van der Waals surface area contributed by atoms with Crippen molar-refractivity contribution in [1.82, 2.24) is 0 Å². The number of hydrogen-bond acceptors (Lipinski definition) is 3. The minimum atomic E-state index is -0.312. The number of unbranched alkanes of at least 4 members (excludes halogenated alkanes) is 20. The van der Waals surface area contributed by atoms with E-state index in [0.29, 0.717) is 17.2 Å². The van der Waals surface area contributed by atoms with Crippen molar-refractivity contribution in [2.24, 2.45) is 0 Å². The van der Waals surface area contributed by atoms with Crippen LogP contribution in [0.1, 0.15) is 222 Å². The highest BCUT2D eigenvalue weighted by atomic mass is 16.5. The summed E-state index contributed by atoms with van der Waals surface area (Å²) in [6.07, 6.45) is 33.7. The van der Waals surface area contributed by atoms with Gasteiger partial charge in [0.25, 0.3) is 0 Å². The van der Waals surface area contributed by atoms with E-state index in [-0.39, 0.29) is 12.1 Å². The number of hydrogen-bond donors (Lipinski definition) is 0. The highest BCUT2D eigenvalue weighted by Crippen LogP contribution is 2.29. The van der Waals surface area contributed by atoms with E-state index in [1.807, 2.05) is 36.4 Å². The molecule has 2 rings (SSSR count). The molecular weight excluding hydrogens is 588 g/mol. The lowest BCUT2D eigenvalue weighted by Gasteiger charge is -2.17. The average molecular weight is 663 g/mol. The van der Waals surface area contributed by atoms with E-state index >= 15 is 0 Å². The van der Waals surface area contributed by atoms with Crippen molar-refractivity contribution in [3.8, 4) is 5.75 Å². The zero-order valence-corrected chi connectivity index (χ0v) is 31.9. The Morgan fingerprint density at radius 2 is 0.938 bits per heavy atom. The second-order valence-corrected chi connectivity index (χ2v) is 14.4.